The summed E-state index contributed by atoms with van der Waals surface area (Å²) in [7, 11) is 5.77. The highest BCUT2D eigenvalue weighted by molar-refractivity contribution is 6.40. The molecular weight excluding hydrogens is 703 g/mol. The number of carbonyl (C=O) groups is 3. The van der Waals surface area contributed by atoms with Gasteiger partial charge >= 0.3 is 5.97 Å². The number of halogens is 2. The van der Waals surface area contributed by atoms with Gasteiger partial charge in [0.2, 0.25) is 0 Å². The first-order valence-corrected chi connectivity index (χ1v) is 18.7. The van der Waals surface area contributed by atoms with Crippen molar-refractivity contribution in [3.05, 3.63) is 80.9 Å². The minimum absolute atomic E-state index is 0.195. The van der Waals surface area contributed by atoms with Crippen molar-refractivity contribution < 1.29 is 19.5 Å². The summed E-state index contributed by atoms with van der Waals surface area (Å²) in [5.41, 5.74) is 5.95. The molecule has 0 bridgehead atoms. The van der Waals surface area contributed by atoms with Gasteiger partial charge in [0.1, 0.15) is 0 Å². The largest absolute Gasteiger partial charge is 0.481 e. The highest BCUT2D eigenvalue weighted by Crippen LogP contribution is 2.40. The minimum atomic E-state index is -0.670. The Labute approximate surface area is 313 Å². The van der Waals surface area contributed by atoms with E-state index < -0.39 is 5.97 Å². The van der Waals surface area contributed by atoms with Gasteiger partial charge in [-0.3, -0.25) is 19.3 Å². The molecule has 52 heavy (non-hydrogen) atoms. The molecule has 274 valence electrons. The topological polar surface area (TPSA) is 138 Å². The second-order valence-electron chi connectivity index (χ2n) is 14.4. The van der Waals surface area contributed by atoms with Crippen molar-refractivity contribution >= 4 is 52.4 Å². The minimum Gasteiger partial charge on any atom is -0.481 e. The van der Waals surface area contributed by atoms with Crippen LogP contribution in [0.25, 0.3) is 11.1 Å². The number of nitrogens with one attached hydrogen (secondary N) is 2. The summed E-state index contributed by atoms with van der Waals surface area (Å²) in [6, 6.07) is 10.7. The zero-order chi connectivity index (χ0) is 36.7. The van der Waals surface area contributed by atoms with Gasteiger partial charge in [0.25, 0.3) is 11.8 Å². The van der Waals surface area contributed by atoms with Crippen molar-refractivity contribution in [2.24, 2.45) is 25.9 Å². The summed E-state index contributed by atoms with van der Waals surface area (Å²) < 4.78 is 3.72. The summed E-state index contributed by atoms with van der Waals surface area (Å²) >= 11 is 13.8. The number of fused-ring (bicyclic) bond motifs is 2. The number of likely N-dealkylation sites (N-methyl/N-ethyl adjacent to an activating group) is 1. The molecule has 2 aliphatic heterocycles. The van der Waals surface area contributed by atoms with Crippen LogP contribution >= 0.6 is 23.2 Å². The third-order valence-corrected chi connectivity index (χ3v) is 11.8. The standard InChI is InChI=1S/C38H44Cl2N8O4/c1-45-17-15-30-28(20-45)41-34(46(30)2)36(49)43-26-8-4-6-24(32(26)39)25-7-5-9-27(33(25)40)44-37(50)35-42-29-21-48(19-16-31(29)47(35)3)18-14-22-10-12-23(13-11-22)38(51)52/h4-9,22-23H,10-21H2,1-3H3,(H,43,49)(H,44,50)(H,51,52). The molecule has 0 atom stereocenters. The van der Waals surface area contributed by atoms with Crippen LogP contribution in [-0.2, 0) is 44.8 Å². The Morgan fingerprint density at radius 1 is 0.769 bits per heavy atom. The van der Waals surface area contributed by atoms with E-state index in [4.69, 9.17) is 28.2 Å². The third-order valence-electron chi connectivity index (χ3n) is 11.0. The summed E-state index contributed by atoms with van der Waals surface area (Å²) in [5, 5.41) is 15.8. The molecule has 7 rings (SSSR count). The normalized spacial score (nSPS) is 19.2. The average Bonchev–Trinajstić information content (AvgIpc) is 3.64. The van der Waals surface area contributed by atoms with Gasteiger partial charge < -0.3 is 29.8 Å². The van der Waals surface area contributed by atoms with Crippen molar-refractivity contribution in [3.63, 3.8) is 0 Å². The molecule has 4 heterocycles. The van der Waals surface area contributed by atoms with Gasteiger partial charge in [0.05, 0.1) is 38.7 Å². The van der Waals surface area contributed by atoms with Gasteiger partial charge in [-0.2, -0.15) is 0 Å². The van der Waals surface area contributed by atoms with Gasteiger partial charge in [-0.15, -0.1) is 0 Å². The monoisotopic (exact) mass is 746 g/mol. The number of hydrogen-bond acceptors (Lipinski definition) is 7. The van der Waals surface area contributed by atoms with Gasteiger partial charge in [0.15, 0.2) is 11.6 Å². The Bertz CT molecular complexity index is 2030. The Morgan fingerprint density at radius 2 is 1.29 bits per heavy atom. The first-order chi connectivity index (χ1) is 25.0. The van der Waals surface area contributed by atoms with E-state index in [2.05, 4.69) is 25.4 Å². The van der Waals surface area contributed by atoms with Crippen LogP contribution in [0.4, 0.5) is 11.4 Å². The predicted octanol–water partition coefficient (Wildman–Crippen LogP) is 6.26. The molecule has 2 amide bonds. The van der Waals surface area contributed by atoms with Gasteiger partial charge in [-0.05, 0) is 63.7 Å². The fourth-order valence-electron chi connectivity index (χ4n) is 7.93. The summed E-state index contributed by atoms with van der Waals surface area (Å²) in [5.74, 6) is -0.399. The van der Waals surface area contributed by atoms with Crippen molar-refractivity contribution in [2.45, 2.75) is 58.0 Å². The molecule has 12 nitrogen and oxygen atoms in total. The molecule has 14 heteroatoms. The highest BCUT2D eigenvalue weighted by atomic mass is 35.5. The van der Waals surface area contributed by atoms with Crippen molar-refractivity contribution in [1.29, 1.82) is 0 Å². The van der Waals surface area contributed by atoms with E-state index in [0.29, 0.717) is 63.2 Å². The van der Waals surface area contributed by atoms with Crippen molar-refractivity contribution in [2.75, 3.05) is 37.3 Å². The number of aliphatic carboxylic acids is 1. The lowest BCUT2D eigenvalue weighted by Crippen LogP contribution is -2.33. The number of carboxylic acids is 1. The van der Waals surface area contributed by atoms with E-state index in [1.165, 1.54) is 0 Å². The van der Waals surface area contributed by atoms with E-state index in [-0.39, 0.29) is 17.7 Å². The maximum atomic E-state index is 13.6. The van der Waals surface area contributed by atoms with E-state index in [0.717, 1.165) is 87.4 Å². The molecule has 2 aromatic carbocycles. The zero-order valence-corrected chi connectivity index (χ0v) is 31.2. The van der Waals surface area contributed by atoms with Gasteiger partial charge in [-0.25, -0.2) is 9.97 Å². The molecule has 0 radical (unpaired) electrons. The number of anilines is 2. The lowest BCUT2D eigenvalue weighted by Gasteiger charge is -2.30. The number of carboxylic acid groups (broad SMARTS) is 1. The molecule has 0 saturated heterocycles. The maximum absolute atomic E-state index is 13.6. The van der Waals surface area contributed by atoms with E-state index >= 15 is 0 Å². The van der Waals surface area contributed by atoms with Crippen LogP contribution in [-0.4, -0.2) is 78.5 Å². The lowest BCUT2D eigenvalue weighted by atomic mass is 9.80. The van der Waals surface area contributed by atoms with Crippen LogP contribution in [0.1, 0.15) is 76.1 Å². The number of carbonyl (C=O) groups excluding carboxylic acids is 2. The first kappa shape index (κ1) is 36.1. The third kappa shape index (κ3) is 7.21. The smallest absolute Gasteiger partial charge is 0.306 e. The molecule has 1 saturated carbocycles. The summed E-state index contributed by atoms with van der Waals surface area (Å²) in [6.45, 7) is 4.08. The fraction of sp³-hybridized carbons (Fsp3) is 0.447. The Kier molecular flexibility index (Phi) is 10.4. The van der Waals surface area contributed by atoms with E-state index in [1.807, 2.05) is 42.4 Å². The van der Waals surface area contributed by atoms with Crippen LogP contribution < -0.4 is 10.6 Å². The molecule has 1 aliphatic carbocycles. The first-order valence-electron chi connectivity index (χ1n) is 17.9. The van der Waals surface area contributed by atoms with Crippen molar-refractivity contribution in [3.8, 4) is 11.1 Å². The van der Waals surface area contributed by atoms with Crippen LogP contribution in [0.3, 0.4) is 0 Å². The average molecular weight is 748 g/mol. The number of imidazole rings is 2. The molecule has 3 aliphatic rings. The van der Waals surface area contributed by atoms with Crippen LogP contribution in [0.15, 0.2) is 36.4 Å². The fourth-order valence-corrected chi connectivity index (χ4v) is 8.48. The highest BCUT2D eigenvalue weighted by Gasteiger charge is 2.29. The van der Waals surface area contributed by atoms with Gasteiger partial charge in [0, 0.05) is 75.6 Å². The molecule has 4 aromatic rings. The van der Waals surface area contributed by atoms with Crippen molar-refractivity contribution in [1.82, 2.24) is 28.9 Å². The van der Waals surface area contributed by atoms with E-state index in [1.54, 1.807) is 24.3 Å². The Morgan fingerprint density at radius 3 is 1.83 bits per heavy atom. The predicted molar refractivity (Wildman–Crippen MR) is 201 cm³/mol. The van der Waals surface area contributed by atoms with E-state index in [9.17, 15) is 19.5 Å². The Hall–Kier alpha value is -4.23. The molecule has 1 fully saturated rings. The Balaban J connectivity index is 1.02. The maximum Gasteiger partial charge on any atom is 0.306 e. The molecule has 2 aromatic heterocycles. The number of amides is 2. The molecule has 3 N–H and O–H groups in total. The number of rotatable bonds is 9. The quantitative estimate of drug-likeness (QED) is 0.183. The van der Waals surface area contributed by atoms with Crippen LogP contribution in [0.5, 0.6) is 0 Å². The second-order valence-corrected chi connectivity index (χ2v) is 15.1. The molecular formula is C38H44Cl2N8O4. The second kappa shape index (κ2) is 15.0. The number of aromatic nitrogens is 4. The number of benzene rings is 2. The molecule has 0 unspecified atom stereocenters. The summed E-state index contributed by atoms with van der Waals surface area (Å²) in [4.78, 5) is 52.3. The number of nitrogens with zero attached hydrogens (tertiary/aromatic N) is 6. The van der Waals surface area contributed by atoms with Crippen LogP contribution in [0, 0.1) is 11.8 Å². The zero-order valence-electron chi connectivity index (χ0n) is 29.7. The SMILES string of the molecule is CN1CCc2c(nc(C(=O)Nc3cccc(-c4cccc(NC(=O)c5nc6c(n5C)CCN(CCC5CCC(C(=O)O)CC5)C6)c4Cl)c3Cl)n2C)C1. The van der Waals surface area contributed by atoms with Crippen LogP contribution in [0.2, 0.25) is 10.0 Å². The van der Waals surface area contributed by atoms with Gasteiger partial charge in [-0.1, -0.05) is 47.5 Å². The molecule has 0 spiro atoms. The lowest BCUT2D eigenvalue weighted by molar-refractivity contribution is -0.143. The number of hydrogen-bond donors (Lipinski definition) is 3. The summed E-state index contributed by atoms with van der Waals surface area (Å²) in [6.07, 6.45) is 6.12.